The van der Waals surface area contributed by atoms with Crippen LogP contribution < -0.4 is 10.6 Å². The first-order chi connectivity index (χ1) is 15.4. The molecule has 2 atom stereocenters. The van der Waals surface area contributed by atoms with E-state index >= 15 is 0 Å². The standard InChI is InChI=1S/C26H33N3O3/c1-18(2)19(3)27-25(31)23(28-24(30)21-10-6-4-7-11-21)20-14-16-29(17-15-20)26(32)22-12-8-5-9-13-22/h4-13,18-20,23H,14-17H2,1-3H3,(H,27,31)(H,28,30). The highest BCUT2D eigenvalue weighted by Crippen LogP contribution is 2.23. The van der Waals surface area contributed by atoms with Crippen LogP contribution in [0.1, 0.15) is 54.3 Å². The highest BCUT2D eigenvalue weighted by molar-refractivity contribution is 5.97. The summed E-state index contributed by atoms with van der Waals surface area (Å²) in [7, 11) is 0. The first kappa shape index (κ1) is 23.5. The number of rotatable bonds is 7. The van der Waals surface area contributed by atoms with E-state index in [1.165, 1.54) is 0 Å². The minimum Gasteiger partial charge on any atom is -0.352 e. The summed E-state index contributed by atoms with van der Waals surface area (Å²) < 4.78 is 0. The molecule has 170 valence electrons. The molecule has 0 aromatic heterocycles. The maximum Gasteiger partial charge on any atom is 0.253 e. The molecular formula is C26H33N3O3. The van der Waals surface area contributed by atoms with E-state index in [1.54, 1.807) is 24.3 Å². The second-order valence-corrected chi connectivity index (χ2v) is 8.85. The Kier molecular flexibility index (Phi) is 8.03. The van der Waals surface area contributed by atoms with E-state index in [1.807, 2.05) is 48.2 Å². The van der Waals surface area contributed by atoms with Gasteiger partial charge in [0.25, 0.3) is 11.8 Å². The van der Waals surface area contributed by atoms with Crippen molar-refractivity contribution >= 4 is 17.7 Å². The summed E-state index contributed by atoms with van der Waals surface area (Å²) in [6.45, 7) is 7.19. The average Bonchev–Trinajstić information content (AvgIpc) is 2.83. The summed E-state index contributed by atoms with van der Waals surface area (Å²) in [6, 6.07) is 17.5. The molecule has 2 N–H and O–H groups in total. The summed E-state index contributed by atoms with van der Waals surface area (Å²) in [5, 5.41) is 6.03. The first-order valence-corrected chi connectivity index (χ1v) is 11.4. The lowest BCUT2D eigenvalue weighted by atomic mass is 9.87. The minimum atomic E-state index is -0.641. The van der Waals surface area contributed by atoms with Crippen LogP contribution in [0.5, 0.6) is 0 Å². The van der Waals surface area contributed by atoms with Crippen LogP contribution >= 0.6 is 0 Å². The van der Waals surface area contributed by atoms with E-state index < -0.39 is 6.04 Å². The molecule has 1 heterocycles. The zero-order valence-corrected chi connectivity index (χ0v) is 19.1. The zero-order chi connectivity index (χ0) is 23.1. The summed E-state index contributed by atoms with van der Waals surface area (Å²) in [4.78, 5) is 40.6. The molecule has 0 aliphatic carbocycles. The van der Waals surface area contributed by atoms with Gasteiger partial charge in [0.2, 0.25) is 5.91 Å². The van der Waals surface area contributed by atoms with E-state index in [4.69, 9.17) is 0 Å². The fourth-order valence-corrected chi connectivity index (χ4v) is 3.89. The molecule has 1 fully saturated rings. The number of piperidine rings is 1. The third-order valence-electron chi connectivity index (χ3n) is 6.29. The number of benzene rings is 2. The molecule has 6 nitrogen and oxygen atoms in total. The summed E-state index contributed by atoms with van der Waals surface area (Å²) >= 11 is 0. The number of nitrogens with zero attached hydrogens (tertiary/aromatic N) is 1. The lowest BCUT2D eigenvalue weighted by molar-refractivity contribution is -0.125. The van der Waals surface area contributed by atoms with Crippen LogP contribution in [0.25, 0.3) is 0 Å². The molecule has 1 aliphatic heterocycles. The molecule has 1 saturated heterocycles. The molecule has 3 amide bonds. The van der Waals surface area contributed by atoms with Crippen molar-refractivity contribution in [3.8, 4) is 0 Å². The molecule has 3 rings (SSSR count). The van der Waals surface area contributed by atoms with Crippen molar-refractivity contribution in [1.29, 1.82) is 0 Å². The van der Waals surface area contributed by atoms with Gasteiger partial charge in [0.05, 0.1) is 0 Å². The van der Waals surface area contributed by atoms with E-state index in [-0.39, 0.29) is 35.6 Å². The lowest BCUT2D eigenvalue weighted by Crippen LogP contribution is -2.55. The van der Waals surface area contributed by atoms with E-state index in [2.05, 4.69) is 24.5 Å². The highest BCUT2D eigenvalue weighted by atomic mass is 16.2. The molecule has 6 heteroatoms. The molecule has 0 bridgehead atoms. The monoisotopic (exact) mass is 435 g/mol. The summed E-state index contributed by atoms with van der Waals surface area (Å²) in [5.41, 5.74) is 1.20. The topological polar surface area (TPSA) is 78.5 Å². The van der Waals surface area contributed by atoms with E-state index in [9.17, 15) is 14.4 Å². The SMILES string of the molecule is CC(C)C(C)NC(=O)C(NC(=O)c1ccccc1)C1CCN(C(=O)c2ccccc2)CC1. The van der Waals surface area contributed by atoms with Crippen molar-refractivity contribution in [3.63, 3.8) is 0 Å². The van der Waals surface area contributed by atoms with Crippen molar-refractivity contribution in [2.24, 2.45) is 11.8 Å². The Morgan fingerprint density at radius 2 is 1.34 bits per heavy atom. The maximum absolute atomic E-state index is 13.2. The third kappa shape index (κ3) is 5.96. The van der Waals surface area contributed by atoms with Gasteiger partial charge in [0.1, 0.15) is 6.04 Å². The van der Waals surface area contributed by atoms with Crippen molar-refractivity contribution < 1.29 is 14.4 Å². The summed E-state index contributed by atoms with van der Waals surface area (Å²) in [6.07, 6.45) is 1.31. The van der Waals surface area contributed by atoms with Crippen LogP contribution in [0.15, 0.2) is 60.7 Å². The Labute approximate surface area is 190 Å². The van der Waals surface area contributed by atoms with Gasteiger partial charge in [-0.25, -0.2) is 0 Å². The minimum absolute atomic E-state index is 0.00150. The van der Waals surface area contributed by atoms with E-state index in [0.717, 1.165) is 0 Å². The predicted octanol–water partition coefficient (Wildman–Crippen LogP) is 3.50. The number of carbonyl (C=O) groups excluding carboxylic acids is 3. The maximum atomic E-state index is 13.2. The van der Waals surface area contributed by atoms with Crippen molar-refractivity contribution in [3.05, 3.63) is 71.8 Å². The Balaban J connectivity index is 1.69. The fourth-order valence-electron chi connectivity index (χ4n) is 3.89. The van der Waals surface area contributed by atoms with E-state index in [0.29, 0.717) is 37.1 Å². The van der Waals surface area contributed by atoms with Crippen LogP contribution in [-0.4, -0.2) is 47.8 Å². The van der Waals surface area contributed by atoms with Gasteiger partial charge >= 0.3 is 0 Å². The highest BCUT2D eigenvalue weighted by Gasteiger charge is 2.34. The normalized spacial score (nSPS) is 16.3. The quantitative estimate of drug-likeness (QED) is 0.699. The third-order valence-corrected chi connectivity index (χ3v) is 6.29. The molecule has 0 saturated carbocycles. The van der Waals surface area contributed by atoms with Gasteiger partial charge in [-0.1, -0.05) is 50.2 Å². The van der Waals surface area contributed by atoms with Crippen molar-refractivity contribution in [1.82, 2.24) is 15.5 Å². The van der Waals surface area contributed by atoms with Gasteiger partial charge in [-0.3, -0.25) is 14.4 Å². The van der Waals surface area contributed by atoms with Crippen molar-refractivity contribution in [2.75, 3.05) is 13.1 Å². The number of hydrogen-bond acceptors (Lipinski definition) is 3. The molecular weight excluding hydrogens is 402 g/mol. The molecule has 1 aliphatic rings. The van der Waals surface area contributed by atoms with Gasteiger partial charge < -0.3 is 15.5 Å². The number of carbonyl (C=O) groups is 3. The number of hydrogen-bond donors (Lipinski definition) is 2. The lowest BCUT2D eigenvalue weighted by Gasteiger charge is -2.36. The Hall–Kier alpha value is -3.15. The second-order valence-electron chi connectivity index (χ2n) is 8.85. The molecule has 0 spiro atoms. The largest absolute Gasteiger partial charge is 0.352 e. The Bertz CT molecular complexity index is 906. The predicted molar refractivity (Wildman–Crippen MR) is 125 cm³/mol. The van der Waals surface area contributed by atoms with Gasteiger partial charge in [-0.2, -0.15) is 0 Å². The molecule has 2 aromatic carbocycles. The average molecular weight is 436 g/mol. The molecule has 0 radical (unpaired) electrons. The zero-order valence-electron chi connectivity index (χ0n) is 19.1. The Morgan fingerprint density at radius 1 is 0.812 bits per heavy atom. The molecule has 2 unspecified atom stereocenters. The van der Waals surface area contributed by atoms with Gasteiger partial charge in [0.15, 0.2) is 0 Å². The second kappa shape index (κ2) is 10.9. The van der Waals surface area contributed by atoms with Crippen LogP contribution in [0, 0.1) is 11.8 Å². The molecule has 2 aromatic rings. The van der Waals surface area contributed by atoms with Gasteiger partial charge in [0, 0.05) is 30.3 Å². The van der Waals surface area contributed by atoms with Gasteiger partial charge in [-0.05, 0) is 55.9 Å². The van der Waals surface area contributed by atoms with Gasteiger partial charge in [-0.15, -0.1) is 0 Å². The number of nitrogens with one attached hydrogen (secondary N) is 2. The number of amides is 3. The van der Waals surface area contributed by atoms with Crippen LogP contribution in [0.4, 0.5) is 0 Å². The Morgan fingerprint density at radius 3 is 1.88 bits per heavy atom. The number of likely N-dealkylation sites (tertiary alicyclic amines) is 1. The molecule has 32 heavy (non-hydrogen) atoms. The van der Waals surface area contributed by atoms with Crippen molar-refractivity contribution in [2.45, 2.75) is 45.7 Å². The van der Waals surface area contributed by atoms with Crippen LogP contribution in [0.2, 0.25) is 0 Å². The first-order valence-electron chi connectivity index (χ1n) is 11.4. The smallest absolute Gasteiger partial charge is 0.253 e. The fraction of sp³-hybridized carbons (Fsp3) is 0.423. The van der Waals surface area contributed by atoms with Crippen LogP contribution in [-0.2, 0) is 4.79 Å². The van der Waals surface area contributed by atoms with Crippen LogP contribution in [0.3, 0.4) is 0 Å². The summed E-state index contributed by atoms with van der Waals surface area (Å²) in [5.74, 6) is -0.169.